The van der Waals surface area contributed by atoms with Crippen LogP contribution < -0.4 is 0 Å². The summed E-state index contributed by atoms with van der Waals surface area (Å²) in [6, 6.07) is 3.09. The van der Waals surface area contributed by atoms with Crippen LogP contribution in [0.25, 0.3) is 5.65 Å². The van der Waals surface area contributed by atoms with Crippen molar-refractivity contribution >= 4 is 11.4 Å². The summed E-state index contributed by atoms with van der Waals surface area (Å²) in [7, 11) is 2.20. The van der Waals surface area contributed by atoms with Crippen LogP contribution in [0.15, 0.2) is 18.5 Å². The molecule has 2 fully saturated rings. The van der Waals surface area contributed by atoms with Crippen molar-refractivity contribution in [1.82, 2.24) is 19.5 Å². The Bertz CT molecular complexity index is 693. The number of rotatable bonds is 2. The molecule has 2 unspecified atom stereocenters. The minimum atomic E-state index is 0.148. The van der Waals surface area contributed by atoms with Crippen LogP contribution in [0.2, 0.25) is 0 Å². The van der Waals surface area contributed by atoms with Gasteiger partial charge in [0.25, 0.3) is 0 Å². The molecular formula is C16H20N4O. The fraction of sp³-hybridized carbons (Fsp3) is 0.562. The molecule has 0 saturated carbocycles. The van der Waals surface area contributed by atoms with E-state index in [1.807, 2.05) is 19.2 Å². The van der Waals surface area contributed by atoms with Gasteiger partial charge in [0.1, 0.15) is 0 Å². The monoisotopic (exact) mass is 284 g/mol. The standard InChI is InChI=1S/C16H20N4O/c1-10-5-15-17-8-12(9-20(15)18-10)16(21)11-6-13-3-4-14(7-11)19(13)2/h5,8-9,11,13-14H,3-4,6-7H2,1-2H3. The summed E-state index contributed by atoms with van der Waals surface area (Å²) < 4.78 is 1.71. The molecule has 4 heterocycles. The van der Waals surface area contributed by atoms with Gasteiger partial charge in [0.15, 0.2) is 11.4 Å². The first-order chi connectivity index (χ1) is 10.1. The number of ketones is 1. The summed E-state index contributed by atoms with van der Waals surface area (Å²) in [6.07, 6.45) is 7.99. The quantitative estimate of drug-likeness (QED) is 0.792. The normalized spacial score (nSPS) is 29.1. The predicted octanol–water partition coefficient (Wildman–Crippen LogP) is 2.09. The van der Waals surface area contributed by atoms with Gasteiger partial charge in [-0.2, -0.15) is 5.10 Å². The third-order valence-corrected chi connectivity index (χ3v) is 5.19. The number of fused-ring (bicyclic) bond motifs is 3. The highest BCUT2D eigenvalue weighted by atomic mass is 16.1. The predicted molar refractivity (Wildman–Crippen MR) is 79.4 cm³/mol. The molecule has 0 N–H and O–H groups in total. The summed E-state index contributed by atoms with van der Waals surface area (Å²) >= 11 is 0. The van der Waals surface area contributed by atoms with Gasteiger partial charge in [-0.3, -0.25) is 4.79 Å². The van der Waals surface area contributed by atoms with E-state index >= 15 is 0 Å². The van der Waals surface area contributed by atoms with E-state index in [0.29, 0.717) is 17.6 Å². The van der Waals surface area contributed by atoms with Crippen LogP contribution in [-0.4, -0.2) is 44.4 Å². The number of hydrogen-bond acceptors (Lipinski definition) is 4. The van der Waals surface area contributed by atoms with Crippen molar-refractivity contribution < 1.29 is 4.79 Å². The van der Waals surface area contributed by atoms with E-state index in [9.17, 15) is 4.79 Å². The molecule has 2 aliphatic heterocycles. The summed E-state index contributed by atoms with van der Waals surface area (Å²) in [5.74, 6) is 0.386. The van der Waals surface area contributed by atoms with Crippen molar-refractivity contribution in [2.45, 2.75) is 44.7 Å². The highest BCUT2D eigenvalue weighted by molar-refractivity contribution is 5.97. The van der Waals surface area contributed by atoms with Gasteiger partial charge in [-0.25, -0.2) is 9.50 Å². The summed E-state index contributed by atoms with van der Waals surface area (Å²) in [5.41, 5.74) is 2.41. The van der Waals surface area contributed by atoms with Crippen molar-refractivity contribution in [2.75, 3.05) is 7.05 Å². The third-order valence-electron chi connectivity index (χ3n) is 5.19. The van der Waals surface area contributed by atoms with E-state index in [-0.39, 0.29) is 11.7 Å². The number of Topliss-reactive ketones (excluding diaryl/α,β-unsaturated/α-hetero) is 1. The molecule has 2 aromatic heterocycles. The highest BCUT2D eigenvalue weighted by Crippen LogP contribution is 2.38. The second-order valence-corrected chi connectivity index (χ2v) is 6.51. The van der Waals surface area contributed by atoms with Crippen LogP contribution in [0.5, 0.6) is 0 Å². The average molecular weight is 284 g/mol. The Balaban J connectivity index is 1.61. The topological polar surface area (TPSA) is 50.5 Å². The Morgan fingerprint density at radius 3 is 2.71 bits per heavy atom. The SMILES string of the molecule is Cc1cc2ncc(C(=O)C3CC4CCC(C3)N4C)cn2n1. The Morgan fingerprint density at radius 2 is 2.00 bits per heavy atom. The molecule has 2 atom stereocenters. The summed E-state index contributed by atoms with van der Waals surface area (Å²) in [6.45, 7) is 1.94. The number of hydrogen-bond donors (Lipinski definition) is 0. The highest BCUT2D eigenvalue weighted by Gasteiger charge is 2.41. The minimum absolute atomic E-state index is 0.148. The van der Waals surface area contributed by atoms with Gasteiger partial charge in [-0.15, -0.1) is 0 Å². The Hall–Kier alpha value is -1.75. The van der Waals surface area contributed by atoms with E-state index < -0.39 is 0 Å². The second kappa shape index (κ2) is 4.63. The van der Waals surface area contributed by atoms with Crippen LogP contribution >= 0.6 is 0 Å². The Kier molecular flexibility index (Phi) is 2.85. The van der Waals surface area contributed by atoms with Crippen LogP contribution in [0.3, 0.4) is 0 Å². The fourth-order valence-electron chi connectivity index (χ4n) is 3.98. The molecule has 2 bridgehead atoms. The molecule has 0 aromatic carbocycles. The molecule has 0 spiro atoms. The first kappa shape index (κ1) is 13.0. The first-order valence-corrected chi connectivity index (χ1v) is 7.70. The Morgan fingerprint density at radius 1 is 1.29 bits per heavy atom. The number of aryl methyl sites for hydroxylation is 1. The van der Waals surface area contributed by atoms with E-state index in [0.717, 1.165) is 24.2 Å². The van der Waals surface area contributed by atoms with Gasteiger partial charge in [-0.1, -0.05) is 0 Å². The maximum atomic E-state index is 12.8. The van der Waals surface area contributed by atoms with Gasteiger partial charge in [0.2, 0.25) is 0 Å². The molecule has 0 aliphatic carbocycles. The maximum absolute atomic E-state index is 12.8. The van der Waals surface area contributed by atoms with Crippen molar-refractivity contribution in [2.24, 2.45) is 5.92 Å². The minimum Gasteiger partial charge on any atom is -0.300 e. The van der Waals surface area contributed by atoms with Gasteiger partial charge >= 0.3 is 0 Å². The van der Waals surface area contributed by atoms with Crippen LogP contribution in [0.1, 0.15) is 41.7 Å². The molecule has 5 nitrogen and oxygen atoms in total. The fourth-order valence-corrected chi connectivity index (χ4v) is 3.98. The van der Waals surface area contributed by atoms with Crippen molar-refractivity contribution in [1.29, 1.82) is 0 Å². The van der Waals surface area contributed by atoms with Crippen LogP contribution in [-0.2, 0) is 0 Å². The lowest BCUT2D eigenvalue weighted by atomic mass is 9.86. The van der Waals surface area contributed by atoms with Crippen LogP contribution in [0.4, 0.5) is 0 Å². The molecule has 2 aliphatic rings. The zero-order valence-corrected chi connectivity index (χ0v) is 12.5. The number of aromatic nitrogens is 3. The van der Waals surface area contributed by atoms with Gasteiger partial charge in [0.05, 0.1) is 11.3 Å². The van der Waals surface area contributed by atoms with Crippen molar-refractivity contribution in [3.05, 3.63) is 29.7 Å². The molecule has 2 saturated heterocycles. The van der Waals surface area contributed by atoms with Gasteiger partial charge < -0.3 is 4.90 Å². The van der Waals surface area contributed by atoms with Gasteiger partial charge in [-0.05, 0) is 39.7 Å². The number of nitrogens with zero attached hydrogens (tertiary/aromatic N) is 4. The van der Waals surface area contributed by atoms with Crippen LogP contribution in [0, 0.1) is 12.8 Å². The summed E-state index contributed by atoms with van der Waals surface area (Å²) in [5, 5.41) is 4.35. The largest absolute Gasteiger partial charge is 0.300 e. The lowest BCUT2D eigenvalue weighted by Crippen LogP contribution is -2.42. The zero-order valence-electron chi connectivity index (χ0n) is 12.5. The molecule has 2 aromatic rings. The third kappa shape index (κ3) is 2.07. The molecule has 0 radical (unpaired) electrons. The zero-order chi connectivity index (χ0) is 14.6. The van der Waals surface area contributed by atoms with Crippen molar-refractivity contribution in [3.8, 4) is 0 Å². The number of piperidine rings is 1. The molecule has 0 amide bonds. The lowest BCUT2D eigenvalue weighted by molar-refractivity contribution is 0.0766. The van der Waals surface area contributed by atoms with E-state index in [1.165, 1.54) is 12.8 Å². The molecule has 110 valence electrons. The summed E-state index contributed by atoms with van der Waals surface area (Å²) in [4.78, 5) is 19.6. The Labute approximate surface area is 124 Å². The van der Waals surface area contributed by atoms with Crippen molar-refractivity contribution in [3.63, 3.8) is 0 Å². The number of carbonyl (C=O) groups excluding carboxylic acids is 1. The average Bonchev–Trinajstić information content (AvgIpc) is 2.91. The van der Waals surface area contributed by atoms with E-state index in [1.54, 1.807) is 10.7 Å². The number of carbonyl (C=O) groups is 1. The smallest absolute Gasteiger partial charge is 0.169 e. The molecular weight excluding hydrogens is 264 g/mol. The second-order valence-electron chi connectivity index (χ2n) is 6.51. The van der Waals surface area contributed by atoms with Gasteiger partial charge in [0, 0.05) is 36.5 Å². The maximum Gasteiger partial charge on any atom is 0.169 e. The van der Waals surface area contributed by atoms with E-state index in [2.05, 4.69) is 22.0 Å². The van der Waals surface area contributed by atoms with E-state index in [4.69, 9.17) is 0 Å². The first-order valence-electron chi connectivity index (χ1n) is 7.70. The molecule has 21 heavy (non-hydrogen) atoms. The molecule has 5 heteroatoms. The lowest BCUT2D eigenvalue weighted by Gasteiger charge is -2.35. The molecule has 4 rings (SSSR count).